The van der Waals surface area contributed by atoms with Crippen LogP contribution in [0, 0.1) is 12.8 Å². The molecule has 0 saturated carbocycles. The molecule has 2 N–H and O–H groups in total. The first kappa shape index (κ1) is 17.7. The van der Waals surface area contributed by atoms with E-state index in [0.717, 1.165) is 19.3 Å². The van der Waals surface area contributed by atoms with Crippen molar-refractivity contribution >= 4 is 5.91 Å². The molecule has 0 radical (unpaired) electrons. The molecule has 1 amide bonds. The third-order valence-electron chi connectivity index (χ3n) is 4.45. The summed E-state index contributed by atoms with van der Waals surface area (Å²) in [6.45, 7) is 7.04. The Morgan fingerprint density at radius 2 is 1.86 bits per heavy atom. The number of rotatable bonds is 8. The summed E-state index contributed by atoms with van der Waals surface area (Å²) in [4.78, 5) is 14.2. The van der Waals surface area contributed by atoms with Crippen molar-refractivity contribution in [2.45, 2.75) is 52.5 Å². The molecule has 0 heterocycles. The van der Waals surface area contributed by atoms with Gasteiger partial charge in [-0.15, -0.1) is 0 Å². The fourth-order valence-electron chi connectivity index (χ4n) is 2.58. The Morgan fingerprint density at radius 1 is 1.24 bits per heavy atom. The second kappa shape index (κ2) is 8.83. The van der Waals surface area contributed by atoms with Gasteiger partial charge in [-0.3, -0.25) is 4.79 Å². The number of carbonyl (C=O) groups excluding carboxylic acids is 1. The molecule has 2 unspecified atom stereocenters. The number of aryl methyl sites for hydroxylation is 1. The molecule has 0 aliphatic rings. The minimum absolute atomic E-state index is 0.118. The predicted octanol–water partition coefficient (Wildman–Crippen LogP) is 3.67. The zero-order valence-corrected chi connectivity index (χ0v) is 13.9. The van der Waals surface area contributed by atoms with Crippen molar-refractivity contribution < 1.29 is 4.79 Å². The minimum atomic E-state index is 0.118. The van der Waals surface area contributed by atoms with Gasteiger partial charge < -0.3 is 10.6 Å². The second-order valence-electron chi connectivity index (χ2n) is 5.98. The van der Waals surface area contributed by atoms with E-state index in [2.05, 4.69) is 45.0 Å². The van der Waals surface area contributed by atoms with E-state index >= 15 is 0 Å². The van der Waals surface area contributed by atoms with Gasteiger partial charge in [-0.2, -0.15) is 0 Å². The first-order valence-electron chi connectivity index (χ1n) is 8.01. The van der Waals surface area contributed by atoms with Crippen molar-refractivity contribution in [3.05, 3.63) is 35.4 Å². The van der Waals surface area contributed by atoms with Gasteiger partial charge in [0.15, 0.2) is 0 Å². The maximum atomic E-state index is 12.3. The van der Waals surface area contributed by atoms with Gasteiger partial charge in [0, 0.05) is 13.5 Å². The Kier molecular flexibility index (Phi) is 7.44. The van der Waals surface area contributed by atoms with Crippen LogP contribution >= 0.6 is 0 Å². The number of nitrogens with zero attached hydrogens (tertiary/aromatic N) is 1. The smallest absolute Gasteiger partial charge is 0.222 e. The number of hydrogen-bond acceptors (Lipinski definition) is 2. The molecular weight excluding hydrogens is 260 g/mol. The van der Waals surface area contributed by atoms with E-state index in [1.807, 2.05) is 11.9 Å². The normalized spacial score (nSPS) is 13.8. The van der Waals surface area contributed by atoms with Crippen molar-refractivity contribution in [2.24, 2.45) is 11.7 Å². The third kappa shape index (κ3) is 5.50. The molecule has 1 rings (SSSR count). The fourth-order valence-corrected chi connectivity index (χ4v) is 2.58. The van der Waals surface area contributed by atoms with E-state index in [0.29, 0.717) is 18.9 Å². The largest absolute Gasteiger partial charge is 0.339 e. The zero-order valence-electron chi connectivity index (χ0n) is 13.9. The topological polar surface area (TPSA) is 46.3 Å². The van der Waals surface area contributed by atoms with Crippen LogP contribution in [0.2, 0.25) is 0 Å². The van der Waals surface area contributed by atoms with Gasteiger partial charge in [0.1, 0.15) is 0 Å². The van der Waals surface area contributed by atoms with Gasteiger partial charge >= 0.3 is 0 Å². The highest BCUT2D eigenvalue weighted by molar-refractivity contribution is 5.76. The molecule has 118 valence electrons. The maximum Gasteiger partial charge on any atom is 0.222 e. The van der Waals surface area contributed by atoms with Gasteiger partial charge in [-0.05, 0) is 44.7 Å². The molecular formula is C18H30N2O. The highest BCUT2D eigenvalue weighted by Crippen LogP contribution is 2.22. The van der Waals surface area contributed by atoms with Crippen molar-refractivity contribution in [1.29, 1.82) is 0 Å². The lowest BCUT2D eigenvalue weighted by Gasteiger charge is -2.26. The summed E-state index contributed by atoms with van der Waals surface area (Å²) in [5, 5.41) is 0. The van der Waals surface area contributed by atoms with Crippen LogP contribution in [0.15, 0.2) is 24.3 Å². The van der Waals surface area contributed by atoms with E-state index in [1.54, 1.807) is 0 Å². The molecule has 0 fully saturated rings. The Morgan fingerprint density at radius 3 is 2.38 bits per heavy atom. The first-order chi connectivity index (χ1) is 9.99. The molecule has 3 nitrogen and oxygen atoms in total. The number of benzene rings is 1. The van der Waals surface area contributed by atoms with Gasteiger partial charge in [-0.25, -0.2) is 0 Å². The quantitative estimate of drug-likeness (QED) is 0.794. The Balaban J connectivity index is 2.55. The average molecular weight is 290 g/mol. The van der Waals surface area contributed by atoms with Crippen LogP contribution in [0.1, 0.15) is 56.7 Å². The summed E-state index contributed by atoms with van der Waals surface area (Å²) in [7, 11) is 1.90. The summed E-state index contributed by atoms with van der Waals surface area (Å²) in [6, 6.07) is 8.52. The molecule has 0 bridgehead atoms. The van der Waals surface area contributed by atoms with Crippen molar-refractivity contribution in [1.82, 2.24) is 4.90 Å². The highest BCUT2D eigenvalue weighted by atomic mass is 16.2. The van der Waals surface area contributed by atoms with Crippen LogP contribution < -0.4 is 5.73 Å². The standard InChI is InChI=1S/C18H30N2O/c1-5-16(12-13-19)8-11-18(21)20(4)15(3)17-9-6-14(2)7-10-17/h6-7,9-10,15-16H,5,8,11-13,19H2,1-4H3. The van der Waals surface area contributed by atoms with Crippen LogP contribution in [-0.4, -0.2) is 24.4 Å². The van der Waals surface area contributed by atoms with Crippen LogP contribution in [0.25, 0.3) is 0 Å². The van der Waals surface area contributed by atoms with Crippen LogP contribution in [0.5, 0.6) is 0 Å². The monoisotopic (exact) mass is 290 g/mol. The zero-order chi connectivity index (χ0) is 15.8. The van der Waals surface area contributed by atoms with Gasteiger partial charge in [0.25, 0.3) is 0 Å². The minimum Gasteiger partial charge on any atom is -0.339 e. The lowest BCUT2D eigenvalue weighted by Crippen LogP contribution is -2.30. The summed E-state index contributed by atoms with van der Waals surface area (Å²) < 4.78 is 0. The molecule has 2 atom stereocenters. The van der Waals surface area contributed by atoms with E-state index < -0.39 is 0 Å². The van der Waals surface area contributed by atoms with Crippen molar-refractivity contribution in [2.75, 3.05) is 13.6 Å². The van der Waals surface area contributed by atoms with Gasteiger partial charge in [-0.1, -0.05) is 43.2 Å². The van der Waals surface area contributed by atoms with E-state index in [1.165, 1.54) is 11.1 Å². The van der Waals surface area contributed by atoms with Gasteiger partial charge in [0.05, 0.1) is 6.04 Å². The maximum absolute atomic E-state index is 12.3. The van der Waals surface area contributed by atoms with Crippen LogP contribution in [0.4, 0.5) is 0 Å². The highest BCUT2D eigenvalue weighted by Gasteiger charge is 2.18. The first-order valence-corrected chi connectivity index (χ1v) is 8.01. The van der Waals surface area contributed by atoms with E-state index in [-0.39, 0.29) is 11.9 Å². The van der Waals surface area contributed by atoms with Crippen molar-refractivity contribution in [3.63, 3.8) is 0 Å². The Labute approximate surface area is 129 Å². The molecule has 0 aliphatic heterocycles. The number of amides is 1. The van der Waals surface area contributed by atoms with Gasteiger partial charge in [0.2, 0.25) is 5.91 Å². The second-order valence-corrected chi connectivity index (χ2v) is 5.98. The number of nitrogens with two attached hydrogens (primary N) is 1. The van der Waals surface area contributed by atoms with Crippen LogP contribution in [0.3, 0.4) is 0 Å². The molecule has 0 spiro atoms. The number of carbonyl (C=O) groups is 1. The molecule has 0 aliphatic carbocycles. The molecule has 21 heavy (non-hydrogen) atoms. The van der Waals surface area contributed by atoms with E-state index in [4.69, 9.17) is 5.73 Å². The summed E-state index contributed by atoms with van der Waals surface area (Å²) in [5.74, 6) is 0.792. The molecule has 1 aromatic carbocycles. The lowest BCUT2D eigenvalue weighted by atomic mass is 9.96. The summed E-state index contributed by atoms with van der Waals surface area (Å²) in [5.41, 5.74) is 8.04. The molecule has 3 heteroatoms. The SMILES string of the molecule is CCC(CCN)CCC(=O)N(C)C(C)c1ccc(C)cc1. The number of hydrogen-bond donors (Lipinski definition) is 1. The fraction of sp³-hybridized carbons (Fsp3) is 0.611. The molecule has 0 aromatic heterocycles. The Hall–Kier alpha value is -1.35. The third-order valence-corrected chi connectivity index (χ3v) is 4.45. The Bertz CT molecular complexity index is 427. The van der Waals surface area contributed by atoms with Crippen LogP contribution in [-0.2, 0) is 4.79 Å². The van der Waals surface area contributed by atoms with Crippen molar-refractivity contribution in [3.8, 4) is 0 Å². The summed E-state index contributed by atoms with van der Waals surface area (Å²) >= 11 is 0. The summed E-state index contributed by atoms with van der Waals surface area (Å²) in [6.07, 6.45) is 3.67. The average Bonchev–Trinajstić information content (AvgIpc) is 2.50. The molecule has 1 aromatic rings. The van der Waals surface area contributed by atoms with E-state index in [9.17, 15) is 4.79 Å². The molecule has 0 saturated heterocycles. The lowest BCUT2D eigenvalue weighted by molar-refractivity contribution is -0.132. The predicted molar refractivity (Wildman–Crippen MR) is 89.1 cm³/mol.